The van der Waals surface area contributed by atoms with Crippen LogP contribution < -0.4 is 10.9 Å². The van der Waals surface area contributed by atoms with E-state index in [1.807, 2.05) is 30.3 Å². The first-order valence-corrected chi connectivity index (χ1v) is 9.77. The average Bonchev–Trinajstić information content (AvgIpc) is 3.49. The van der Waals surface area contributed by atoms with Crippen molar-refractivity contribution in [1.82, 2.24) is 19.7 Å². The third-order valence-electron chi connectivity index (χ3n) is 5.09. The molecule has 1 aromatic carbocycles. The van der Waals surface area contributed by atoms with Gasteiger partial charge in [0, 0.05) is 11.6 Å². The summed E-state index contributed by atoms with van der Waals surface area (Å²) in [6.45, 7) is 0. The minimum absolute atomic E-state index is 0.163. The van der Waals surface area contributed by atoms with Crippen LogP contribution in [0.25, 0.3) is 17.4 Å². The Hall–Kier alpha value is -3.94. The number of aromatic nitrogens is 4. The normalized spacial score (nSPS) is 12.7. The molecule has 0 atom stereocenters. The fourth-order valence-electron chi connectivity index (χ4n) is 3.67. The number of benzene rings is 1. The number of nitrogens with zero attached hydrogens (tertiary/aromatic N) is 3. The minimum Gasteiger partial charge on any atom is -0.463 e. The van der Waals surface area contributed by atoms with Crippen LogP contribution in [0.4, 0.5) is 5.82 Å². The number of anilines is 1. The molecule has 0 radical (unpaired) electrons. The lowest BCUT2D eigenvalue weighted by Crippen LogP contribution is -2.21. The maximum atomic E-state index is 12.6. The Balaban J connectivity index is 1.52. The summed E-state index contributed by atoms with van der Waals surface area (Å²) in [5.74, 6) is 1.03. The van der Waals surface area contributed by atoms with Crippen LogP contribution >= 0.6 is 0 Å². The molecular formula is C22H19N5O3. The first-order valence-electron chi connectivity index (χ1n) is 9.77. The molecule has 0 saturated heterocycles. The number of nitrogens with one attached hydrogen (secondary N) is 2. The van der Waals surface area contributed by atoms with Gasteiger partial charge in [0.15, 0.2) is 5.76 Å². The van der Waals surface area contributed by atoms with Gasteiger partial charge in [-0.2, -0.15) is 9.78 Å². The maximum Gasteiger partial charge on any atom is 0.255 e. The van der Waals surface area contributed by atoms with Gasteiger partial charge in [0.05, 0.1) is 18.4 Å². The summed E-state index contributed by atoms with van der Waals surface area (Å²) in [7, 11) is 0. The highest BCUT2D eigenvalue weighted by atomic mass is 16.3. The first kappa shape index (κ1) is 18.1. The molecule has 0 spiro atoms. The molecule has 1 aliphatic carbocycles. The molecule has 5 rings (SSSR count). The Morgan fingerprint density at radius 2 is 2.03 bits per heavy atom. The Kier molecular flexibility index (Phi) is 4.51. The van der Waals surface area contributed by atoms with Gasteiger partial charge in [-0.15, -0.1) is 0 Å². The van der Waals surface area contributed by atoms with Gasteiger partial charge in [-0.05, 0) is 37.0 Å². The molecule has 1 amide bonds. The van der Waals surface area contributed by atoms with Gasteiger partial charge in [0.2, 0.25) is 11.9 Å². The molecular weight excluding hydrogens is 382 g/mol. The van der Waals surface area contributed by atoms with Crippen molar-refractivity contribution in [3.05, 3.63) is 82.0 Å². The smallest absolute Gasteiger partial charge is 0.255 e. The number of carbonyl (C=O) groups is 1. The molecule has 0 unspecified atom stereocenters. The number of aromatic amines is 1. The molecule has 3 aromatic heterocycles. The van der Waals surface area contributed by atoms with Gasteiger partial charge >= 0.3 is 0 Å². The van der Waals surface area contributed by atoms with Gasteiger partial charge in [-0.1, -0.05) is 30.3 Å². The monoisotopic (exact) mass is 401 g/mol. The predicted octanol–water partition coefficient (Wildman–Crippen LogP) is 2.89. The number of H-pyrrole nitrogens is 1. The second-order valence-electron chi connectivity index (χ2n) is 7.18. The van der Waals surface area contributed by atoms with Crippen molar-refractivity contribution >= 4 is 11.7 Å². The van der Waals surface area contributed by atoms with Crippen LogP contribution in [-0.4, -0.2) is 25.7 Å². The molecule has 0 saturated carbocycles. The van der Waals surface area contributed by atoms with Crippen molar-refractivity contribution in [2.75, 3.05) is 5.32 Å². The maximum absolute atomic E-state index is 12.6. The fraction of sp³-hybridized carbons (Fsp3) is 0.182. The van der Waals surface area contributed by atoms with Crippen LogP contribution in [-0.2, 0) is 24.1 Å². The summed E-state index contributed by atoms with van der Waals surface area (Å²) in [5, 5.41) is 7.41. The summed E-state index contributed by atoms with van der Waals surface area (Å²) in [6, 6.07) is 14.7. The molecule has 4 aromatic rings. The Morgan fingerprint density at radius 1 is 1.17 bits per heavy atom. The zero-order chi connectivity index (χ0) is 20.5. The number of furan rings is 1. The number of hydrogen-bond acceptors (Lipinski definition) is 5. The van der Waals surface area contributed by atoms with E-state index in [1.165, 1.54) is 4.68 Å². The third kappa shape index (κ3) is 3.43. The minimum atomic E-state index is -0.197. The number of hydrogen-bond donors (Lipinski definition) is 2. The van der Waals surface area contributed by atoms with Crippen LogP contribution in [0.3, 0.4) is 0 Å². The molecule has 8 nitrogen and oxygen atoms in total. The Bertz CT molecular complexity index is 1260. The van der Waals surface area contributed by atoms with Crippen molar-refractivity contribution in [3.63, 3.8) is 0 Å². The van der Waals surface area contributed by atoms with Crippen molar-refractivity contribution in [2.45, 2.75) is 25.7 Å². The molecule has 0 bridgehead atoms. The zero-order valence-electron chi connectivity index (χ0n) is 16.1. The lowest BCUT2D eigenvalue weighted by Gasteiger charge is -2.09. The van der Waals surface area contributed by atoms with E-state index in [0.29, 0.717) is 17.3 Å². The Labute approximate surface area is 171 Å². The van der Waals surface area contributed by atoms with Crippen LogP contribution in [0.5, 0.6) is 0 Å². The second-order valence-corrected chi connectivity index (χ2v) is 7.18. The van der Waals surface area contributed by atoms with Gasteiger partial charge in [0.1, 0.15) is 11.5 Å². The predicted molar refractivity (Wildman–Crippen MR) is 110 cm³/mol. The first-order chi connectivity index (χ1) is 14.7. The fourth-order valence-corrected chi connectivity index (χ4v) is 3.67. The molecule has 30 heavy (non-hydrogen) atoms. The van der Waals surface area contributed by atoms with Crippen LogP contribution in [0, 0.1) is 0 Å². The van der Waals surface area contributed by atoms with Crippen molar-refractivity contribution in [3.8, 4) is 17.4 Å². The molecule has 2 N–H and O–H groups in total. The molecule has 150 valence electrons. The van der Waals surface area contributed by atoms with E-state index in [9.17, 15) is 9.59 Å². The number of carbonyl (C=O) groups excluding carboxylic acids is 1. The van der Waals surface area contributed by atoms with E-state index >= 15 is 0 Å². The van der Waals surface area contributed by atoms with E-state index in [2.05, 4.69) is 20.4 Å². The number of fused-ring (bicyclic) bond motifs is 1. The third-order valence-corrected chi connectivity index (χ3v) is 5.09. The van der Waals surface area contributed by atoms with Crippen LogP contribution in [0.15, 0.2) is 64.0 Å². The largest absolute Gasteiger partial charge is 0.463 e. The van der Waals surface area contributed by atoms with Gasteiger partial charge in [0.25, 0.3) is 5.56 Å². The van der Waals surface area contributed by atoms with Gasteiger partial charge in [-0.25, -0.2) is 4.98 Å². The summed E-state index contributed by atoms with van der Waals surface area (Å²) >= 11 is 0. The Morgan fingerprint density at radius 3 is 2.83 bits per heavy atom. The molecule has 1 aliphatic rings. The number of amides is 1. The summed E-state index contributed by atoms with van der Waals surface area (Å²) in [6.07, 6.45) is 4.17. The average molecular weight is 401 g/mol. The quantitative estimate of drug-likeness (QED) is 0.535. The summed E-state index contributed by atoms with van der Waals surface area (Å²) in [5.41, 5.74) is 2.77. The second kappa shape index (κ2) is 7.47. The van der Waals surface area contributed by atoms with Crippen molar-refractivity contribution in [2.24, 2.45) is 0 Å². The molecule has 0 aliphatic heterocycles. The lowest BCUT2D eigenvalue weighted by atomic mass is 10.1. The van der Waals surface area contributed by atoms with E-state index in [4.69, 9.17) is 4.42 Å². The highest BCUT2D eigenvalue weighted by Gasteiger charge is 2.21. The van der Waals surface area contributed by atoms with E-state index in [0.717, 1.165) is 36.1 Å². The molecule has 0 fully saturated rings. The summed E-state index contributed by atoms with van der Waals surface area (Å²) < 4.78 is 6.89. The zero-order valence-corrected chi connectivity index (χ0v) is 16.1. The molecule has 8 heteroatoms. The lowest BCUT2D eigenvalue weighted by molar-refractivity contribution is -0.115. The van der Waals surface area contributed by atoms with Gasteiger partial charge < -0.3 is 9.73 Å². The highest BCUT2D eigenvalue weighted by molar-refractivity contribution is 5.92. The standard InChI is InChI=1S/C22H19N5O3/c28-20(12-14-6-2-1-3-7-14)24-19-13-17(18-10-5-11-30-18)26-27(19)22-23-16-9-4-8-15(16)21(29)25-22/h1-3,5-7,10-11,13H,4,8-9,12H2,(H,24,28)(H,23,25,29). The summed E-state index contributed by atoms with van der Waals surface area (Å²) in [4.78, 5) is 32.5. The van der Waals surface area contributed by atoms with Crippen molar-refractivity contribution in [1.29, 1.82) is 0 Å². The van der Waals surface area contributed by atoms with Crippen LogP contribution in [0.2, 0.25) is 0 Å². The SMILES string of the molecule is O=C(Cc1ccccc1)Nc1cc(-c2ccco2)nn1-c1nc2c(c(=O)[nH]1)CCC2. The van der Waals surface area contributed by atoms with E-state index in [-0.39, 0.29) is 23.8 Å². The molecule has 3 heterocycles. The van der Waals surface area contributed by atoms with Crippen molar-refractivity contribution < 1.29 is 9.21 Å². The van der Waals surface area contributed by atoms with E-state index < -0.39 is 0 Å². The topological polar surface area (TPSA) is 106 Å². The van der Waals surface area contributed by atoms with Gasteiger partial charge in [-0.3, -0.25) is 14.6 Å². The number of rotatable bonds is 5. The number of aryl methyl sites for hydroxylation is 1. The van der Waals surface area contributed by atoms with Crippen LogP contribution in [0.1, 0.15) is 23.2 Å². The van der Waals surface area contributed by atoms with E-state index in [1.54, 1.807) is 24.5 Å². The highest BCUT2D eigenvalue weighted by Crippen LogP contribution is 2.25.